The van der Waals surface area contributed by atoms with Crippen molar-refractivity contribution in [3.8, 4) is 5.75 Å². The van der Waals surface area contributed by atoms with Gasteiger partial charge in [0.1, 0.15) is 5.75 Å². The molecule has 0 aromatic heterocycles. The maximum atomic E-state index is 13.4. The molecular formula is C27H28Cl2N4O4. The zero-order valence-corrected chi connectivity index (χ0v) is 21.9. The molecule has 3 aromatic carbocycles. The molecule has 0 radical (unpaired) electrons. The third-order valence-electron chi connectivity index (χ3n) is 5.92. The number of nitrogens with zero attached hydrogens (tertiary/aromatic N) is 2. The molecule has 194 valence electrons. The van der Waals surface area contributed by atoms with E-state index in [1.54, 1.807) is 71.6 Å². The molecule has 0 atom stereocenters. The van der Waals surface area contributed by atoms with Gasteiger partial charge in [-0.2, -0.15) is 0 Å². The Morgan fingerprint density at radius 2 is 1.51 bits per heavy atom. The number of ether oxygens (including phenoxy) is 2. The molecule has 37 heavy (non-hydrogen) atoms. The van der Waals surface area contributed by atoms with Crippen LogP contribution in [0.1, 0.15) is 10.4 Å². The van der Waals surface area contributed by atoms with Gasteiger partial charge in [-0.1, -0.05) is 23.2 Å². The summed E-state index contributed by atoms with van der Waals surface area (Å²) in [6.45, 7) is 3.99. The van der Waals surface area contributed by atoms with Gasteiger partial charge in [0.25, 0.3) is 5.91 Å². The molecule has 1 aliphatic rings. The lowest BCUT2D eigenvalue weighted by Gasteiger charge is -2.31. The van der Waals surface area contributed by atoms with Crippen LogP contribution in [0.5, 0.6) is 5.75 Å². The lowest BCUT2D eigenvalue weighted by Crippen LogP contribution is -2.44. The summed E-state index contributed by atoms with van der Waals surface area (Å²) >= 11 is 11.9. The van der Waals surface area contributed by atoms with Gasteiger partial charge in [-0.15, -0.1) is 0 Å². The lowest BCUT2D eigenvalue weighted by molar-refractivity contribution is 0.0393. The number of morpholine rings is 1. The Morgan fingerprint density at radius 3 is 2.11 bits per heavy atom. The molecule has 0 saturated carbocycles. The van der Waals surface area contributed by atoms with Crippen LogP contribution in [0.15, 0.2) is 66.7 Å². The minimum Gasteiger partial charge on any atom is -0.495 e. The summed E-state index contributed by atoms with van der Waals surface area (Å²) in [6.07, 6.45) is 0. The average Bonchev–Trinajstić information content (AvgIpc) is 2.92. The van der Waals surface area contributed by atoms with E-state index in [2.05, 4.69) is 15.5 Å². The van der Waals surface area contributed by atoms with Gasteiger partial charge >= 0.3 is 6.03 Å². The van der Waals surface area contributed by atoms with Gasteiger partial charge in [0.2, 0.25) is 0 Å². The average molecular weight is 543 g/mol. The van der Waals surface area contributed by atoms with E-state index in [1.807, 2.05) is 0 Å². The monoisotopic (exact) mass is 542 g/mol. The van der Waals surface area contributed by atoms with Gasteiger partial charge < -0.3 is 20.1 Å². The number of benzene rings is 3. The Balaban J connectivity index is 1.56. The van der Waals surface area contributed by atoms with Crippen LogP contribution >= 0.6 is 23.2 Å². The predicted molar refractivity (Wildman–Crippen MR) is 147 cm³/mol. The molecule has 1 aliphatic heterocycles. The number of anilines is 3. The molecule has 1 saturated heterocycles. The van der Waals surface area contributed by atoms with Gasteiger partial charge in [-0.25, -0.2) is 4.79 Å². The summed E-state index contributed by atoms with van der Waals surface area (Å²) in [5.74, 6) is 0.0923. The van der Waals surface area contributed by atoms with Crippen LogP contribution in [0.25, 0.3) is 0 Å². The highest BCUT2D eigenvalue weighted by molar-refractivity contribution is 6.31. The minimum absolute atomic E-state index is 0.308. The highest BCUT2D eigenvalue weighted by atomic mass is 35.5. The fourth-order valence-electron chi connectivity index (χ4n) is 3.90. The van der Waals surface area contributed by atoms with E-state index < -0.39 is 0 Å². The molecule has 8 nitrogen and oxygen atoms in total. The number of urea groups is 1. The second-order valence-electron chi connectivity index (χ2n) is 8.39. The van der Waals surface area contributed by atoms with Crippen LogP contribution in [0.3, 0.4) is 0 Å². The van der Waals surface area contributed by atoms with Gasteiger partial charge in [0.15, 0.2) is 0 Å². The molecule has 10 heteroatoms. The topological polar surface area (TPSA) is 83.1 Å². The largest absolute Gasteiger partial charge is 0.495 e. The lowest BCUT2D eigenvalue weighted by atomic mass is 10.1. The van der Waals surface area contributed by atoms with Crippen LogP contribution in [0, 0.1) is 0 Å². The molecular weight excluding hydrogens is 515 g/mol. The molecule has 1 heterocycles. The number of carbonyl (C=O) groups excluding carboxylic acids is 2. The Bertz CT molecular complexity index is 1220. The van der Waals surface area contributed by atoms with Gasteiger partial charge in [-0.3, -0.25) is 14.6 Å². The van der Waals surface area contributed by atoms with Crippen molar-refractivity contribution < 1.29 is 19.1 Å². The number of carbonyl (C=O) groups is 2. The molecule has 4 rings (SSSR count). The molecule has 0 spiro atoms. The van der Waals surface area contributed by atoms with Crippen LogP contribution in [0.2, 0.25) is 10.0 Å². The van der Waals surface area contributed by atoms with Crippen LogP contribution in [-0.4, -0.2) is 63.3 Å². The van der Waals surface area contributed by atoms with Crippen molar-refractivity contribution in [2.75, 3.05) is 62.0 Å². The predicted octanol–water partition coefficient (Wildman–Crippen LogP) is 5.63. The van der Waals surface area contributed by atoms with E-state index in [-0.39, 0.29) is 11.9 Å². The summed E-state index contributed by atoms with van der Waals surface area (Å²) in [6, 6.07) is 18.4. The zero-order chi connectivity index (χ0) is 26.2. The summed E-state index contributed by atoms with van der Waals surface area (Å²) in [4.78, 5) is 30.1. The molecule has 0 unspecified atom stereocenters. The SMILES string of the molecule is COc1cc(C(=O)Nc2ccc(Cl)cc2)ccc1N(CCN1CCOCC1)C(=O)Nc1ccc(Cl)cc1. The van der Waals surface area contributed by atoms with Gasteiger partial charge in [0, 0.05) is 53.2 Å². The summed E-state index contributed by atoms with van der Waals surface area (Å²) in [7, 11) is 1.51. The summed E-state index contributed by atoms with van der Waals surface area (Å²) in [5, 5.41) is 6.92. The number of amides is 3. The third kappa shape index (κ3) is 7.36. The van der Waals surface area contributed by atoms with Crippen molar-refractivity contribution in [3.63, 3.8) is 0 Å². The molecule has 0 bridgehead atoms. The van der Waals surface area contributed by atoms with Crippen molar-refractivity contribution in [2.24, 2.45) is 0 Å². The fourth-order valence-corrected chi connectivity index (χ4v) is 4.15. The van der Waals surface area contributed by atoms with Crippen LogP contribution in [0.4, 0.5) is 21.9 Å². The number of rotatable bonds is 8. The van der Waals surface area contributed by atoms with Gasteiger partial charge in [-0.05, 0) is 66.7 Å². The smallest absolute Gasteiger partial charge is 0.326 e. The Hall–Kier alpha value is -3.30. The zero-order valence-electron chi connectivity index (χ0n) is 20.4. The Morgan fingerprint density at radius 1 is 0.919 bits per heavy atom. The normalized spacial score (nSPS) is 13.6. The first-order chi connectivity index (χ1) is 17.9. The molecule has 2 N–H and O–H groups in total. The molecule has 1 fully saturated rings. The maximum absolute atomic E-state index is 13.4. The second-order valence-corrected chi connectivity index (χ2v) is 9.26. The van der Waals surface area contributed by atoms with E-state index in [0.717, 1.165) is 13.1 Å². The van der Waals surface area contributed by atoms with E-state index in [1.165, 1.54) is 7.11 Å². The molecule has 3 amide bonds. The van der Waals surface area contributed by atoms with Crippen LogP contribution < -0.4 is 20.3 Å². The van der Waals surface area contributed by atoms with Gasteiger partial charge in [0.05, 0.1) is 26.0 Å². The minimum atomic E-state index is -0.327. The highest BCUT2D eigenvalue weighted by Crippen LogP contribution is 2.31. The Kier molecular flexibility index (Phi) is 9.24. The first-order valence-electron chi connectivity index (χ1n) is 11.8. The van der Waals surface area contributed by atoms with E-state index >= 15 is 0 Å². The van der Waals surface area contributed by atoms with Crippen molar-refractivity contribution in [3.05, 3.63) is 82.3 Å². The number of halogens is 2. The molecule has 3 aromatic rings. The highest BCUT2D eigenvalue weighted by Gasteiger charge is 2.23. The second kappa shape index (κ2) is 12.8. The van der Waals surface area contributed by atoms with Crippen molar-refractivity contribution in [1.29, 1.82) is 0 Å². The first-order valence-corrected chi connectivity index (χ1v) is 12.6. The molecule has 0 aliphatic carbocycles. The quantitative estimate of drug-likeness (QED) is 0.385. The first kappa shape index (κ1) is 26.8. The van der Waals surface area contributed by atoms with E-state index in [4.69, 9.17) is 32.7 Å². The number of hydrogen-bond acceptors (Lipinski definition) is 5. The van der Waals surface area contributed by atoms with E-state index in [0.29, 0.717) is 64.7 Å². The van der Waals surface area contributed by atoms with E-state index in [9.17, 15) is 9.59 Å². The van der Waals surface area contributed by atoms with Crippen molar-refractivity contribution >= 4 is 52.2 Å². The summed E-state index contributed by atoms with van der Waals surface area (Å²) < 4.78 is 11.1. The van der Waals surface area contributed by atoms with Crippen molar-refractivity contribution in [1.82, 2.24) is 4.90 Å². The number of hydrogen-bond donors (Lipinski definition) is 2. The number of nitrogens with one attached hydrogen (secondary N) is 2. The number of methoxy groups -OCH3 is 1. The van der Waals surface area contributed by atoms with Crippen molar-refractivity contribution in [2.45, 2.75) is 0 Å². The third-order valence-corrected chi connectivity index (χ3v) is 6.42. The standard InChI is InChI=1S/C27H28Cl2N4O4/c1-36-25-18-19(26(34)30-22-7-3-20(28)4-8-22)2-11-24(25)33(13-12-32-14-16-37-17-15-32)27(35)31-23-9-5-21(29)6-10-23/h2-11,18H,12-17H2,1H3,(H,30,34)(H,31,35). The Labute approximate surface area is 226 Å². The fraction of sp³-hybridized carbons (Fsp3) is 0.259. The van der Waals surface area contributed by atoms with Crippen LogP contribution in [-0.2, 0) is 4.74 Å². The maximum Gasteiger partial charge on any atom is 0.326 e. The summed E-state index contributed by atoms with van der Waals surface area (Å²) in [5.41, 5.74) is 2.17.